The van der Waals surface area contributed by atoms with E-state index < -0.39 is 5.60 Å². The summed E-state index contributed by atoms with van der Waals surface area (Å²) in [6.07, 6.45) is 0.428. The van der Waals surface area contributed by atoms with Gasteiger partial charge in [0, 0.05) is 16.5 Å². The van der Waals surface area contributed by atoms with Crippen molar-refractivity contribution in [1.82, 2.24) is 0 Å². The Bertz CT molecular complexity index is 591. The largest absolute Gasteiger partial charge is 0.385 e. The minimum atomic E-state index is -0.973. The Labute approximate surface area is 123 Å². The van der Waals surface area contributed by atoms with E-state index in [0.29, 0.717) is 16.5 Å². The lowest BCUT2D eigenvalue weighted by atomic mass is 9.86. The van der Waals surface area contributed by atoms with E-state index in [1.165, 1.54) is 0 Å². The number of hydrogen-bond acceptors (Lipinski definition) is 1. The number of halogens is 2. The van der Waals surface area contributed by atoms with Gasteiger partial charge in [0.25, 0.3) is 0 Å². The van der Waals surface area contributed by atoms with E-state index in [0.717, 1.165) is 16.7 Å². The van der Waals surface area contributed by atoms with Gasteiger partial charge in [-0.25, -0.2) is 0 Å². The lowest BCUT2D eigenvalue weighted by molar-refractivity contribution is 0.0570. The van der Waals surface area contributed by atoms with E-state index in [9.17, 15) is 5.11 Å². The fourth-order valence-corrected chi connectivity index (χ4v) is 2.70. The first-order valence-corrected chi connectivity index (χ1v) is 6.88. The Hall–Kier alpha value is -1.02. The summed E-state index contributed by atoms with van der Waals surface area (Å²) < 4.78 is 0. The molecule has 1 nitrogen and oxygen atoms in total. The molecule has 1 N–H and O–H groups in total. The SMILES string of the molecule is Cc1ccccc1C(C)(O)Cc1cc(Cl)ccc1Cl. The highest BCUT2D eigenvalue weighted by molar-refractivity contribution is 6.33. The van der Waals surface area contributed by atoms with Gasteiger partial charge < -0.3 is 5.11 Å². The van der Waals surface area contributed by atoms with Gasteiger partial charge in [0.2, 0.25) is 0 Å². The maximum Gasteiger partial charge on any atom is 0.0911 e. The minimum absolute atomic E-state index is 0.428. The van der Waals surface area contributed by atoms with E-state index in [-0.39, 0.29) is 0 Å². The number of hydrogen-bond donors (Lipinski definition) is 1. The van der Waals surface area contributed by atoms with Crippen LogP contribution in [0.3, 0.4) is 0 Å². The summed E-state index contributed by atoms with van der Waals surface area (Å²) in [7, 11) is 0. The third-order valence-corrected chi connectivity index (χ3v) is 3.87. The van der Waals surface area contributed by atoms with Crippen molar-refractivity contribution in [3.63, 3.8) is 0 Å². The van der Waals surface area contributed by atoms with Crippen LogP contribution in [0.5, 0.6) is 0 Å². The predicted molar refractivity (Wildman–Crippen MR) is 80.9 cm³/mol. The molecule has 0 aliphatic heterocycles. The molecule has 0 spiro atoms. The van der Waals surface area contributed by atoms with Crippen LogP contribution in [0.4, 0.5) is 0 Å². The number of aliphatic hydroxyl groups is 1. The molecule has 0 aliphatic carbocycles. The first kappa shape index (κ1) is 14.4. The molecular formula is C16H16Cl2O. The maximum absolute atomic E-state index is 10.7. The van der Waals surface area contributed by atoms with Gasteiger partial charge in [-0.05, 0) is 48.7 Å². The lowest BCUT2D eigenvalue weighted by Crippen LogP contribution is -2.25. The fourth-order valence-electron chi connectivity index (χ4n) is 2.32. The van der Waals surface area contributed by atoms with Crippen LogP contribution in [0, 0.1) is 6.92 Å². The molecule has 0 aliphatic rings. The summed E-state index contributed by atoms with van der Waals surface area (Å²) in [6.45, 7) is 3.79. The summed E-state index contributed by atoms with van der Waals surface area (Å²) in [5.74, 6) is 0. The molecule has 1 atom stereocenters. The monoisotopic (exact) mass is 294 g/mol. The highest BCUT2D eigenvalue weighted by Crippen LogP contribution is 2.31. The lowest BCUT2D eigenvalue weighted by Gasteiger charge is -2.26. The average Bonchev–Trinajstić information content (AvgIpc) is 2.34. The van der Waals surface area contributed by atoms with Gasteiger partial charge in [-0.1, -0.05) is 47.5 Å². The molecule has 0 fully saturated rings. The van der Waals surface area contributed by atoms with Gasteiger partial charge in [0.1, 0.15) is 0 Å². The predicted octanol–water partition coefficient (Wildman–Crippen LogP) is 4.75. The average molecular weight is 295 g/mol. The van der Waals surface area contributed by atoms with Crippen molar-refractivity contribution >= 4 is 23.2 Å². The molecule has 0 amide bonds. The molecule has 19 heavy (non-hydrogen) atoms. The number of benzene rings is 2. The molecule has 100 valence electrons. The van der Waals surface area contributed by atoms with Crippen molar-refractivity contribution in [2.24, 2.45) is 0 Å². The molecular weight excluding hydrogens is 279 g/mol. The normalized spacial score (nSPS) is 14.2. The van der Waals surface area contributed by atoms with Crippen molar-refractivity contribution in [3.8, 4) is 0 Å². The molecule has 0 radical (unpaired) electrons. The van der Waals surface area contributed by atoms with Gasteiger partial charge in [-0.3, -0.25) is 0 Å². The zero-order chi connectivity index (χ0) is 14.0. The van der Waals surface area contributed by atoms with Crippen molar-refractivity contribution in [1.29, 1.82) is 0 Å². The smallest absolute Gasteiger partial charge is 0.0911 e. The molecule has 0 saturated heterocycles. The molecule has 3 heteroatoms. The van der Waals surface area contributed by atoms with E-state index in [1.807, 2.05) is 31.2 Å². The Balaban J connectivity index is 2.36. The van der Waals surface area contributed by atoms with Crippen molar-refractivity contribution in [2.45, 2.75) is 25.9 Å². The third-order valence-electron chi connectivity index (χ3n) is 3.27. The van der Waals surface area contributed by atoms with Gasteiger partial charge in [-0.15, -0.1) is 0 Å². The molecule has 2 aromatic carbocycles. The molecule has 1 unspecified atom stereocenters. The Morgan fingerprint density at radius 3 is 2.47 bits per heavy atom. The van der Waals surface area contributed by atoms with Crippen LogP contribution in [0.25, 0.3) is 0 Å². The van der Waals surface area contributed by atoms with Crippen molar-refractivity contribution < 1.29 is 5.11 Å². The highest BCUT2D eigenvalue weighted by atomic mass is 35.5. The van der Waals surface area contributed by atoms with E-state index in [4.69, 9.17) is 23.2 Å². The first-order chi connectivity index (χ1) is 8.90. The minimum Gasteiger partial charge on any atom is -0.385 e. The molecule has 0 saturated carbocycles. The molecule has 0 bridgehead atoms. The van der Waals surface area contributed by atoms with E-state index >= 15 is 0 Å². The maximum atomic E-state index is 10.7. The summed E-state index contributed by atoms with van der Waals surface area (Å²) in [4.78, 5) is 0. The van der Waals surface area contributed by atoms with Crippen molar-refractivity contribution in [2.75, 3.05) is 0 Å². The van der Waals surface area contributed by atoms with Gasteiger partial charge >= 0.3 is 0 Å². The Morgan fingerprint density at radius 2 is 1.79 bits per heavy atom. The van der Waals surface area contributed by atoms with Crippen LogP contribution in [0.15, 0.2) is 42.5 Å². The standard InChI is InChI=1S/C16H16Cl2O/c1-11-5-3-4-6-14(11)16(2,19)10-12-9-13(17)7-8-15(12)18/h3-9,19H,10H2,1-2H3. The van der Waals surface area contributed by atoms with Crippen LogP contribution in [0.2, 0.25) is 10.0 Å². The molecule has 2 aromatic rings. The summed E-state index contributed by atoms with van der Waals surface area (Å²) in [6, 6.07) is 13.1. The second kappa shape index (κ2) is 5.54. The quantitative estimate of drug-likeness (QED) is 0.866. The summed E-state index contributed by atoms with van der Waals surface area (Å²) in [5.41, 5.74) is 1.85. The molecule has 0 heterocycles. The Kier molecular flexibility index (Phi) is 4.19. The zero-order valence-electron chi connectivity index (χ0n) is 11.0. The van der Waals surface area contributed by atoms with E-state index in [1.54, 1.807) is 25.1 Å². The summed E-state index contributed by atoms with van der Waals surface area (Å²) in [5, 5.41) is 12.0. The molecule has 2 rings (SSSR count). The number of aryl methyl sites for hydroxylation is 1. The van der Waals surface area contributed by atoms with Crippen LogP contribution in [-0.4, -0.2) is 5.11 Å². The third kappa shape index (κ3) is 3.30. The molecule has 0 aromatic heterocycles. The first-order valence-electron chi connectivity index (χ1n) is 6.12. The van der Waals surface area contributed by atoms with Crippen LogP contribution >= 0.6 is 23.2 Å². The highest BCUT2D eigenvalue weighted by Gasteiger charge is 2.26. The number of rotatable bonds is 3. The second-order valence-corrected chi connectivity index (χ2v) is 5.84. The second-order valence-electron chi connectivity index (χ2n) is 5.00. The topological polar surface area (TPSA) is 20.2 Å². The van der Waals surface area contributed by atoms with Gasteiger partial charge in [0.05, 0.1) is 5.60 Å². The van der Waals surface area contributed by atoms with Crippen LogP contribution in [0.1, 0.15) is 23.6 Å². The van der Waals surface area contributed by atoms with Gasteiger partial charge in [-0.2, -0.15) is 0 Å². The summed E-state index contributed by atoms with van der Waals surface area (Å²) >= 11 is 12.1. The van der Waals surface area contributed by atoms with E-state index in [2.05, 4.69) is 0 Å². The zero-order valence-corrected chi connectivity index (χ0v) is 12.5. The van der Waals surface area contributed by atoms with Gasteiger partial charge in [0.15, 0.2) is 0 Å². The van der Waals surface area contributed by atoms with Crippen molar-refractivity contribution in [3.05, 3.63) is 69.2 Å². The fraction of sp³-hybridized carbons (Fsp3) is 0.250. The van der Waals surface area contributed by atoms with Crippen LogP contribution < -0.4 is 0 Å². The Morgan fingerprint density at radius 1 is 1.11 bits per heavy atom. The van der Waals surface area contributed by atoms with Crippen LogP contribution in [-0.2, 0) is 12.0 Å².